The summed E-state index contributed by atoms with van der Waals surface area (Å²) >= 11 is 16.3. The molecule has 0 rings (SSSR count). The number of aliphatic hydroxyl groups is 2. The number of aliphatic hydroxyl groups excluding tert-OH is 2. The minimum absolute atomic E-state index is 0.0348. The number of carbonyl (C=O) groups excluding carboxylic acids is 2. The second-order valence-electron chi connectivity index (χ2n) is 3.77. The summed E-state index contributed by atoms with van der Waals surface area (Å²) in [6, 6.07) is 0. The first kappa shape index (κ1) is 21.6. The largest absolute Gasteiger partial charge is 0.462 e. The third kappa shape index (κ3) is 10.1. The molecule has 0 heterocycles. The molecule has 0 radical (unpaired) electrons. The van der Waals surface area contributed by atoms with Crippen LogP contribution in [0.4, 0.5) is 0 Å². The topological polar surface area (TPSA) is 93.1 Å². The van der Waals surface area contributed by atoms with Gasteiger partial charge in [0, 0.05) is 22.0 Å². The Morgan fingerprint density at radius 1 is 0.905 bits per heavy atom. The van der Waals surface area contributed by atoms with Gasteiger partial charge >= 0.3 is 11.9 Å². The molecule has 4 unspecified atom stereocenters. The summed E-state index contributed by atoms with van der Waals surface area (Å²) in [6.45, 7) is -0.0697. The van der Waals surface area contributed by atoms with Gasteiger partial charge in [0.2, 0.25) is 10.9 Å². The maximum atomic E-state index is 11.4. The van der Waals surface area contributed by atoms with E-state index in [9.17, 15) is 19.8 Å². The van der Waals surface area contributed by atoms with Crippen LogP contribution in [0, 0.1) is 0 Å². The van der Waals surface area contributed by atoms with Gasteiger partial charge in [-0.1, -0.05) is 11.8 Å². The van der Waals surface area contributed by atoms with Crippen LogP contribution < -0.4 is 0 Å². The van der Waals surface area contributed by atoms with Crippen LogP contribution in [-0.4, -0.2) is 68.2 Å². The van der Waals surface area contributed by atoms with Gasteiger partial charge in [-0.05, 0) is 0 Å². The normalized spacial score (nSPS) is 16.7. The Bertz CT molecular complexity index is 301. The van der Waals surface area contributed by atoms with Crippen molar-refractivity contribution in [1.82, 2.24) is 0 Å². The lowest BCUT2D eigenvalue weighted by atomic mass is 10.5. The van der Waals surface area contributed by atoms with Gasteiger partial charge in [-0.3, -0.25) is 0 Å². The fourth-order valence-corrected chi connectivity index (χ4v) is 1.80. The Labute approximate surface area is 149 Å². The van der Waals surface area contributed by atoms with Crippen molar-refractivity contribution in [2.45, 2.75) is 21.4 Å². The summed E-state index contributed by atoms with van der Waals surface area (Å²) < 4.78 is 9.46. The quantitative estimate of drug-likeness (QED) is 0.175. The lowest BCUT2D eigenvalue weighted by Gasteiger charge is -2.16. The van der Waals surface area contributed by atoms with Crippen LogP contribution in [0.15, 0.2) is 0 Å². The minimum Gasteiger partial charge on any atom is -0.462 e. The average molecular weight is 395 g/mol. The molecule has 4 atom stereocenters. The van der Waals surface area contributed by atoms with Crippen molar-refractivity contribution in [2.24, 2.45) is 0 Å². The molecule has 0 saturated heterocycles. The molecule has 0 aromatic heterocycles. The fourth-order valence-electron chi connectivity index (χ4n) is 0.838. The van der Waals surface area contributed by atoms with E-state index < -0.39 is 22.8 Å². The van der Waals surface area contributed by atoms with Crippen LogP contribution in [0.5, 0.6) is 0 Å². The zero-order valence-corrected chi connectivity index (χ0v) is 15.3. The standard InChI is InChI=1S/C10H18O6S5/c11-7(15-1-5(19)3-17)9(13)21-10(14)8(12)16-2-6(20)4-18/h5-6,9-10,13-14,17-20H,1-4H2. The highest BCUT2D eigenvalue weighted by molar-refractivity contribution is 8.01. The molecule has 0 aromatic rings. The number of hydrogen-bond donors (Lipinski definition) is 6. The smallest absolute Gasteiger partial charge is 0.345 e. The molecule has 0 aromatic carbocycles. The van der Waals surface area contributed by atoms with Gasteiger partial charge in [0.15, 0.2) is 0 Å². The van der Waals surface area contributed by atoms with Crippen LogP contribution in [0.25, 0.3) is 0 Å². The molecule has 0 aliphatic heterocycles. The monoisotopic (exact) mass is 394 g/mol. The highest BCUT2D eigenvalue weighted by Gasteiger charge is 2.27. The second-order valence-corrected chi connectivity index (χ2v) is 7.13. The predicted molar refractivity (Wildman–Crippen MR) is 94.8 cm³/mol. The number of thioether (sulfide) groups is 1. The molecule has 0 saturated carbocycles. The van der Waals surface area contributed by atoms with Crippen LogP contribution in [0.2, 0.25) is 0 Å². The predicted octanol–water partition coefficient (Wildman–Crippen LogP) is -0.101. The highest BCUT2D eigenvalue weighted by Crippen LogP contribution is 2.17. The van der Waals surface area contributed by atoms with Crippen molar-refractivity contribution < 1.29 is 29.3 Å². The molecule has 11 heteroatoms. The molecule has 0 spiro atoms. The summed E-state index contributed by atoms with van der Waals surface area (Å²) in [6.07, 6.45) is 0. The van der Waals surface area contributed by atoms with E-state index >= 15 is 0 Å². The molecule has 124 valence electrons. The third-order valence-corrected chi connectivity index (χ3v) is 4.94. The second kappa shape index (κ2) is 12.1. The molecular formula is C10H18O6S5. The van der Waals surface area contributed by atoms with E-state index in [1.54, 1.807) is 0 Å². The zero-order chi connectivity index (χ0) is 16.4. The van der Waals surface area contributed by atoms with Gasteiger partial charge in [-0.2, -0.15) is 50.5 Å². The number of ether oxygens (including phenoxy) is 2. The minimum atomic E-state index is -1.70. The lowest BCUT2D eigenvalue weighted by molar-refractivity contribution is -0.149. The molecular weight excluding hydrogens is 376 g/mol. The Morgan fingerprint density at radius 3 is 1.52 bits per heavy atom. The number of carbonyl (C=O) groups is 2. The summed E-state index contributed by atoms with van der Waals surface area (Å²) in [5.74, 6) is -1.17. The molecule has 0 aliphatic rings. The number of rotatable bonds is 10. The molecule has 21 heavy (non-hydrogen) atoms. The maximum Gasteiger partial charge on any atom is 0.345 e. The molecule has 2 N–H and O–H groups in total. The Balaban J connectivity index is 4.09. The van der Waals surface area contributed by atoms with E-state index in [4.69, 9.17) is 9.47 Å². The first-order valence-electron chi connectivity index (χ1n) is 5.74. The van der Waals surface area contributed by atoms with Gasteiger partial charge in [0.25, 0.3) is 0 Å². The lowest BCUT2D eigenvalue weighted by Crippen LogP contribution is -2.30. The number of esters is 2. The fraction of sp³-hybridized carbons (Fsp3) is 0.800. The van der Waals surface area contributed by atoms with Crippen molar-refractivity contribution in [3.63, 3.8) is 0 Å². The summed E-state index contributed by atoms with van der Waals surface area (Å²) in [4.78, 5) is 22.8. The van der Waals surface area contributed by atoms with E-state index in [1.807, 2.05) is 0 Å². The van der Waals surface area contributed by atoms with Crippen molar-refractivity contribution in [3.8, 4) is 0 Å². The third-order valence-electron chi connectivity index (χ3n) is 1.92. The van der Waals surface area contributed by atoms with Crippen molar-refractivity contribution >= 4 is 74.2 Å². The van der Waals surface area contributed by atoms with E-state index in [0.717, 1.165) is 0 Å². The summed E-state index contributed by atoms with van der Waals surface area (Å²) in [7, 11) is 0. The SMILES string of the molecule is O=C(OCC(S)CS)C(O)SC(O)C(=O)OCC(S)CS. The van der Waals surface area contributed by atoms with Crippen molar-refractivity contribution in [2.75, 3.05) is 24.7 Å². The van der Waals surface area contributed by atoms with Crippen molar-refractivity contribution in [1.29, 1.82) is 0 Å². The zero-order valence-electron chi connectivity index (χ0n) is 10.9. The van der Waals surface area contributed by atoms with E-state index in [2.05, 4.69) is 50.5 Å². The van der Waals surface area contributed by atoms with Crippen LogP contribution >= 0.6 is 62.3 Å². The van der Waals surface area contributed by atoms with Crippen LogP contribution in [-0.2, 0) is 19.1 Å². The van der Waals surface area contributed by atoms with E-state index in [-0.39, 0.29) is 23.7 Å². The van der Waals surface area contributed by atoms with Crippen LogP contribution in [0.1, 0.15) is 0 Å². The van der Waals surface area contributed by atoms with E-state index in [0.29, 0.717) is 23.3 Å². The first-order valence-corrected chi connectivity index (χ1v) is 8.98. The highest BCUT2D eigenvalue weighted by atomic mass is 32.2. The molecule has 0 bridgehead atoms. The average Bonchev–Trinajstić information content (AvgIpc) is 2.48. The Kier molecular flexibility index (Phi) is 12.4. The Hall–Kier alpha value is 0.610. The Morgan fingerprint density at radius 2 is 1.24 bits per heavy atom. The molecule has 6 nitrogen and oxygen atoms in total. The summed E-state index contributed by atoms with van der Waals surface area (Å²) in [5.41, 5.74) is -3.41. The summed E-state index contributed by atoms with van der Waals surface area (Å²) in [5, 5.41) is 18.5. The van der Waals surface area contributed by atoms with Crippen molar-refractivity contribution in [3.05, 3.63) is 0 Å². The molecule has 0 amide bonds. The molecule has 0 fully saturated rings. The van der Waals surface area contributed by atoms with E-state index in [1.165, 1.54) is 0 Å². The van der Waals surface area contributed by atoms with Gasteiger partial charge in [-0.15, -0.1) is 0 Å². The van der Waals surface area contributed by atoms with Gasteiger partial charge in [-0.25, -0.2) is 9.59 Å². The van der Waals surface area contributed by atoms with Crippen LogP contribution in [0.3, 0.4) is 0 Å². The number of hydrogen-bond acceptors (Lipinski definition) is 11. The van der Waals surface area contributed by atoms with Gasteiger partial charge in [0.05, 0.1) is 0 Å². The maximum absolute atomic E-state index is 11.4. The number of thiol groups is 4. The van der Waals surface area contributed by atoms with Gasteiger partial charge in [0.1, 0.15) is 13.2 Å². The molecule has 0 aliphatic carbocycles. The van der Waals surface area contributed by atoms with Gasteiger partial charge < -0.3 is 19.7 Å². The first-order chi connectivity index (χ1) is 9.81.